The molecule has 0 aliphatic heterocycles. The van der Waals surface area contributed by atoms with Gasteiger partial charge in [-0.2, -0.15) is 0 Å². The van der Waals surface area contributed by atoms with Crippen molar-refractivity contribution in [1.82, 2.24) is 9.97 Å². The van der Waals surface area contributed by atoms with E-state index < -0.39 is 0 Å². The lowest BCUT2D eigenvalue weighted by Crippen LogP contribution is -1.97. The fourth-order valence-electron chi connectivity index (χ4n) is 1.17. The zero-order valence-electron chi connectivity index (χ0n) is 6.64. The van der Waals surface area contributed by atoms with Gasteiger partial charge in [-0.25, -0.2) is 4.98 Å². The molecule has 0 aliphatic carbocycles. The Labute approximate surface area is 84.9 Å². The molecule has 1 aromatic heterocycles. The molecule has 0 atom stereocenters. The molecule has 3 nitrogen and oxygen atoms in total. The molecular formula is C8H7Cl2N3. The summed E-state index contributed by atoms with van der Waals surface area (Å²) in [7, 11) is 0. The predicted octanol–water partition coefficient (Wildman–Crippen LogP) is 2.33. The predicted molar refractivity (Wildman–Crippen MR) is 54.0 cm³/mol. The molecule has 13 heavy (non-hydrogen) atoms. The number of halogens is 2. The third-order valence-corrected chi connectivity index (χ3v) is 2.58. The van der Waals surface area contributed by atoms with Crippen molar-refractivity contribution >= 4 is 34.2 Å². The monoisotopic (exact) mass is 215 g/mol. The zero-order chi connectivity index (χ0) is 9.42. The average Bonchev–Trinajstić information content (AvgIpc) is 2.55. The highest BCUT2D eigenvalue weighted by atomic mass is 35.5. The molecule has 3 N–H and O–H groups in total. The van der Waals surface area contributed by atoms with Crippen LogP contribution in [0, 0.1) is 0 Å². The summed E-state index contributed by atoms with van der Waals surface area (Å²) < 4.78 is 0. The first kappa shape index (κ1) is 8.81. The van der Waals surface area contributed by atoms with Crippen LogP contribution in [0.2, 0.25) is 10.0 Å². The summed E-state index contributed by atoms with van der Waals surface area (Å²) in [4.78, 5) is 7.23. The van der Waals surface area contributed by atoms with Crippen LogP contribution in [-0.4, -0.2) is 9.97 Å². The number of H-pyrrole nitrogens is 1. The van der Waals surface area contributed by atoms with Crippen molar-refractivity contribution in [2.45, 2.75) is 6.54 Å². The summed E-state index contributed by atoms with van der Waals surface area (Å²) in [5.74, 6) is 0.708. The molecule has 0 aliphatic rings. The smallest absolute Gasteiger partial charge is 0.121 e. The van der Waals surface area contributed by atoms with Crippen LogP contribution >= 0.6 is 23.2 Å². The molecule has 0 saturated carbocycles. The van der Waals surface area contributed by atoms with E-state index in [4.69, 9.17) is 28.9 Å². The van der Waals surface area contributed by atoms with Gasteiger partial charge in [-0.15, -0.1) is 0 Å². The number of imidazole rings is 1. The standard InChI is InChI=1S/C8H7Cl2N3/c9-4-1-2-5-8(7(4)10)13-6(3-11)12-5/h1-2H,3,11H2,(H,12,13). The lowest BCUT2D eigenvalue weighted by molar-refractivity contribution is 0.958. The van der Waals surface area contributed by atoms with E-state index in [2.05, 4.69) is 9.97 Å². The van der Waals surface area contributed by atoms with Crippen molar-refractivity contribution in [1.29, 1.82) is 0 Å². The molecule has 0 spiro atoms. The number of rotatable bonds is 1. The molecule has 0 bridgehead atoms. The first-order valence-electron chi connectivity index (χ1n) is 3.75. The zero-order valence-corrected chi connectivity index (χ0v) is 8.15. The summed E-state index contributed by atoms with van der Waals surface area (Å²) >= 11 is 11.8. The largest absolute Gasteiger partial charge is 0.341 e. The van der Waals surface area contributed by atoms with E-state index in [1.54, 1.807) is 6.07 Å². The van der Waals surface area contributed by atoms with Gasteiger partial charge in [0.2, 0.25) is 0 Å². The van der Waals surface area contributed by atoms with Crippen LogP contribution in [0.1, 0.15) is 5.82 Å². The highest BCUT2D eigenvalue weighted by Crippen LogP contribution is 2.28. The first-order chi connectivity index (χ1) is 6.22. The number of hydrogen-bond donors (Lipinski definition) is 2. The Morgan fingerprint density at radius 1 is 1.38 bits per heavy atom. The maximum Gasteiger partial charge on any atom is 0.121 e. The number of hydrogen-bond acceptors (Lipinski definition) is 2. The number of aromatic nitrogens is 2. The van der Waals surface area contributed by atoms with E-state index in [9.17, 15) is 0 Å². The van der Waals surface area contributed by atoms with Gasteiger partial charge < -0.3 is 10.7 Å². The van der Waals surface area contributed by atoms with Gasteiger partial charge in [0.25, 0.3) is 0 Å². The highest BCUT2D eigenvalue weighted by molar-refractivity contribution is 6.44. The van der Waals surface area contributed by atoms with E-state index in [-0.39, 0.29) is 0 Å². The molecule has 1 heterocycles. The van der Waals surface area contributed by atoms with E-state index in [0.29, 0.717) is 27.9 Å². The summed E-state index contributed by atoms with van der Waals surface area (Å²) in [6.07, 6.45) is 0. The van der Waals surface area contributed by atoms with Crippen LogP contribution in [0.25, 0.3) is 11.0 Å². The number of nitrogens with two attached hydrogens (primary N) is 1. The summed E-state index contributed by atoms with van der Waals surface area (Å²) in [6, 6.07) is 3.56. The minimum absolute atomic E-state index is 0.364. The fraction of sp³-hybridized carbons (Fsp3) is 0.125. The van der Waals surface area contributed by atoms with E-state index >= 15 is 0 Å². The molecule has 2 rings (SSSR count). The Morgan fingerprint density at radius 2 is 2.15 bits per heavy atom. The molecule has 68 valence electrons. The van der Waals surface area contributed by atoms with Crippen LogP contribution < -0.4 is 5.73 Å². The second-order valence-corrected chi connectivity index (χ2v) is 3.43. The number of nitrogens with zero attached hydrogens (tertiary/aromatic N) is 1. The first-order valence-corrected chi connectivity index (χ1v) is 4.50. The van der Waals surface area contributed by atoms with Gasteiger partial charge in [-0.1, -0.05) is 23.2 Å². The SMILES string of the molecule is NCc1nc2c(Cl)c(Cl)ccc2[nH]1. The summed E-state index contributed by atoms with van der Waals surface area (Å²) in [6.45, 7) is 0.364. The molecule has 0 fully saturated rings. The van der Waals surface area contributed by atoms with Crippen molar-refractivity contribution in [2.24, 2.45) is 5.73 Å². The van der Waals surface area contributed by atoms with Gasteiger partial charge in [0.1, 0.15) is 11.3 Å². The lowest BCUT2D eigenvalue weighted by atomic mass is 10.3. The van der Waals surface area contributed by atoms with Crippen LogP contribution in [-0.2, 0) is 6.54 Å². The summed E-state index contributed by atoms with van der Waals surface area (Å²) in [5, 5.41) is 0.972. The molecular weight excluding hydrogens is 209 g/mol. The van der Waals surface area contributed by atoms with Crippen molar-refractivity contribution in [3.63, 3.8) is 0 Å². The van der Waals surface area contributed by atoms with Crippen molar-refractivity contribution in [2.75, 3.05) is 0 Å². The van der Waals surface area contributed by atoms with Gasteiger partial charge in [0.15, 0.2) is 0 Å². The van der Waals surface area contributed by atoms with Crippen molar-refractivity contribution in [3.05, 3.63) is 28.0 Å². The van der Waals surface area contributed by atoms with Gasteiger partial charge in [0.05, 0.1) is 22.1 Å². The Balaban J connectivity index is 2.76. The molecule has 0 radical (unpaired) electrons. The van der Waals surface area contributed by atoms with Gasteiger partial charge >= 0.3 is 0 Å². The average molecular weight is 216 g/mol. The Kier molecular flexibility index (Phi) is 2.15. The minimum Gasteiger partial charge on any atom is -0.341 e. The fourth-order valence-corrected chi connectivity index (χ4v) is 1.52. The van der Waals surface area contributed by atoms with E-state index in [1.165, 1.54) is 0 Å². The maximum atomic E-state index is 5.94. The van der Waals surface area contributed by atoms with Gasteiger partial charge in [0, 0.05) is 0 Å². The number of aromatic amines is 1. The molecule has 1 aromatic carbocycles. The number of nitrogens with one attached hydrogen (secondary N) is 1. The lowest BCUT2D eigenvalue weighted by Gasteiger charge is -1.93. The maximum absolute atomic E-state index is 5.94. The second kappa shape index (κ2) is 3.18. The molecule has 0 unspecified atom stereocenters. The second-order valence-electron chi connectivity index (χ2n) is 2.65. The number of fused-ring (bicyclic) bond motifs is 1. The third-order valence-electron chi connectivity index (χ3n) is 1.79. The van der Waals surface area contributed by atoms with Crippen LogP contribution in [0.3, 0.4) is 0 Å². The topological polar surface area (TPSA) is 54.7 Å². The summed E-state index contributed by atoms with van der Waals surface area (Å²) in [5.41, 5.74) is 6.96. The van der Waals surface area contributed by atoms with Crippen LogP contribution in [0.15, 0.2) is 12.1 Å². The van der Waals surface area contributed by atoms with Gasteiger partial charge in [-0.05, 0) is 12.1 Å². The number of benzene rings is 1. The van der Waals surface area contributed by atoms with Crippen molar-refractivity contribution in [3.8, 4) is 0 Å². The van der Waals surface area contributed by atoms with E-state index in [1.807, 2.05) is 6.07 Å². The molecule has 0 saturated heterocycles. The van der Waals surface area contributed by atoms with Crippen molar-refractivity contribution < 1.29 is 0 Å². The third kappa shape index (κ3) is 1.39. The van der Waals surface area contributed by atoms with E-state index in [0.717, 1.165) is 5.52 Å². The Bertz CT molecular complexity index is 450. The molecule has 0 amide bonds. The van der Waals surface area contributed by atoms with Gasteiger partial charge in [-0.3, -0.25) is 0 Å². The molecule has 2 aromatic rings. The Morgan fingerprint density at radius 3 is 2.85 bits per heavy atom. The normalized spacial score (nSPS) is 11.0. The molecule has 5 heteroatoms. The van der Waals surface area contributed by atoms with Crippen LogP contribution in [0.5, 0.6) is 0 Å². The Hall–Kier alpha value is -0.770. The quantitative estimate of drug-likeness (QED) is 0.768. The highest BCUT2D eigenvalue weighted by Gasteiger charge is 2.07. The minimum atomic E-state index is 0.364. The van der Waals surface area contributed by atoms with Crippen LogP contribution in [0.4, 0.5) is 0 Å².